The normalized spacial score (nSPS) is 16.4. The van der Waals surface area contributed by atoms with Gasteiger partial charge in [-0.2, -0.15) is 5.26 Å². The predicted molar refractivity (Wildman–Crippen MR) is 104 cm³/mol. The maximum Gasteiger partial charge on any atom is 0.238 e. The van der Waals surface area contributed by atoms with Gasteiger partial charge in [0.25, 0.3) is 0 Å². The number of thiophene rings is 1. The first-order chi connectivity index (χ1) is 12.8. The molecule has 142 valence electrons. The first-order valence-electron chi connectivity index (χ1n) is 8.51. The average Bonchev–Trinajstić information content (AvgIpc) is 2.97. The van der Waals surface area contributed by atoms with Gasteiger partial charge in [0.15, 0.2) is 0 Å². The van der Waals surface area contributed by atoms with Crippen molar-refractivity contribution in [1.29, 1.82) is 5.26 Å². The van der Waals surface area contributed by atoms with E-state index in [2.05, 4.69) is 23.6 Å². The number of nitrogens with two attached hydrogens (primary N) is 1. The molecule has 1 atom stereocenters. The highest BCUT2D eigenvalue weighted by Gasteiger charge is 2.25. The average molecular weight is 405 g/mol. The lowest BCUT2D eigenvalue weighted by Crippen LogP contribution is -2.34. The van der Waals surface area contributed by atoms with E-state index >= 15 is 0 Å². The lowest BCUT2D eigenvalue weighted by molar-refractivity contribution is -0.115. The third kappa shape index (κ3) is 4.36. The smallest absolute Gasteiger partial charge is 0.238 e. The molecule has 1 aliphatic rings. The molecule has 1 unspecified atom stereocenters. The summed E-state index contributed by atoms with van der Waals surface area (Å²) in [4.78, 5) is 13.5. The third-order valence-electron chi connectivity index (χ3n) is 4.56. The molecular weight excluding hydrogens is 384 g/mol. The molecule has 3 rings (SSSR count). The summed E-state index contributed by atoms with van der Waals surface area (Å²) in [7, 11) is -3.76. The molecular formula is C18H20N4O3S2. The lowest BCUT2D eigenvalue weighted by Gasteiger charge is -2.22. The summed E-state index contributed by atoms with van der Waals surface area (Å²) in [5, 5.41) is 21.4. The van der Waals surface area contributed by atoms with Gasteiger partial charge in [0, 0.05) is 17.5 Å². The minimum Gasteiger partial charge on any atom is -0.316 e. The van der Waals surface area contributed by atoms with E-state index in [-0.39, 0.29) is 17.2 Å². The standard InChI is InChI=1S/C18H20N4O3S2/c1-2-12-8-16-15(10-21-12)14(9-19)18(26-16)22-17(23)7-11-3-5-13(6-4-11)27(20,24)25/h3-6,12,21H,2,7-8,10H2,1H3,(H,22,23)(H2,20,24,25). The van der Waals surface area contributed by atoms with Crippen LogP contribution in [0, 0.1) is 11.3 Å². The molecule has 4 N–H and O–H groups in total. The van der Waals surface area contributed by atoms with Crippen molar-refractivity contribution in [3.63, 3.8) is 0 Å². The van der Waals surface area contributed by atoms with Gasteiger partial charge in [-0.25, -0.2) is 13.6 Å². The summed E-state index contributed by atoms with van der Waals surface area (Å²) in [5.74, 6) is -0.256. The quantitative estimate of drug-likeness (QED) is 0.701. The Morgan fingerprint density at radius 3 is 2.70 bits per heavy atom. The van der Waals surface area contributed by atoms with E-state index in [0.717, 1.165) is 23.3 Å². The van der Waals surface area contributed by atoms with Gasteiger partial charge in [-0.3, -0.25) is 4.79 Å². The molecule has 0 aliphatic carbocycles. The Hall–Kier alpha value is -2.25. The van der Waals surface area contributed by atoms with Crippen molar-refractivity contribution in [2.45, 2.75) is 43.7 Å². The topological polar surface area (TPSA) is 125 Å². The van der Waals surface area contributed by atoms with E-state index < -0.39 is 10.0 Å². The van der Waals surface area contributed by atoms with Gasteiger partial charge < -0.3 is 10.6 Å². The predicted octanol–water partition coefficient (Wildman–Crippen LogP) is 1.87. The molecule has 9 heteroatoms. The minimum atomic E-state index is -3.76. The van der Waals surface area contributed by atoms with Crippen LogP contribution in [-0.2, 0) is 34.2 Å². The Morgan fingerprint density at radius 2 is 2.11 bits per heavy atom. The summed E-state index contributed by atoms with van der Waals surface area (Å²) in [6.07, 6.45) is 1.94. The fourth-order valence-corrected chi connectivity index (χ4v) is 4.83. The van der Waals surface area contributed by atoms with E-state index in [4.69, 9.17) is 5.14 Å². The molecule has 0 saturated carbocycles. The zero-order valence-electron chi connectivity index (χ0n) is 14.8. The number of rotatable bonds is 5. The minimum absolute atomic E-state index is 0.00216. The maximum absolute atomic E-state index is 12.4. The van der Waals surface area contributed by atoms with Gasteiger partial charge in [-0.05, 0) is 36.1 Å². The molecule has 1 amide bonds. The highest BCUT2D eigenvalue weighted by molar-refractivity contribution is 7.89. The number of hydrogen-bond acceptors (Lipinski definition) is 6. The van der Waals surface area contributed by atoms with E-state index in [1.807, 2.05) is 0 Å². The van der Waals surface area contributed by atoms with Crippen LogP contribution in [0.1, 0.15) is 34.9 Å². The van der Waals surface area contributed by atoms with E-state index in [1.54, 1.807) is 12.1 Å². The first kappa shape index (κ1) is 19.5. The molecule has 2 heterocycles. The number of benzene rings is 1. The van der Waals surface area contributed by atoms with Gasteiger partial charge in [-0.1, -0.05) is 19.1 Å². The van der Waals surface area contributed by atoms with Gasteiger partial charge in [-0.15, -0.1) is 11.3 Å². The summed E-state index contributed by atoms with van der Waals surface area (Å²) in [6.45, 7) is 2.75. The number of nitriles is 1. The molecule has 2 aromatic rings. The van der Waals surface area contributed by atoms with E-state index in [9.17, 15) is 18.5 Å². The van der Waals surface area contributed by atoms with Gasteiger partial charge in [0.2, 0.25) is 15.9 Å². The second-order valence-electron chi connectivity index (χ2n) is 6.42. The van der Waals surface area contributed by atoms with Gasteiger partial charge in [0.1, 0.15) is 11.1 Å². The SMILES string of the molecule is CCC1Cc2sc(NC(=O)Cc3ccc(S(N)(=O)=O)cc3)c(C#N)c2CN1. The number of fused-ring (bicyclic) bond motifs is 1. The lowest BCUT2D eigenvalue weighted by atomic mass is 10.00. The zero-order chi connectivity index (χ0) is 19.6. The summed E-state index contributed by atoms with van der Waals surface area (Å²) in [5.41, 5.74) is 2.16. The maximum atomic E-state index is 12.4. The number of primary sulfonamides is 1. The highest BCUT2D eigenvalue weighted by Crippen LogP contribution is 2.36. The molecule has 1 aromatic heterocycles. The molecule has 7 nitrogen and oxygen atoms in total. The van der Waals surface area contributed by atoms with Crippen molar-refractivity contribution in [3.8, 4) is 6.07 Å². The number of sulfonamides is 1. The van der Waals surface area contributed by atoms with Crippen LogP contribution in [0.3, 0.4) is 0 Å². The Labute approximate surface area is 162 Å². The highest BCUT2D eigenvalue weighted by atomic mass is 32.2. The van der Waals surface area contributed by atoms with Crippen LogP contribution < -0.4 is 15.8 Å². The number of anilines is 1. The van der Waals surface area contributed by atoms with Gasteiger partial charge in [0.05, 0.1) is 16.9 Å². The molecule has 0 saturated heterocycles. The number of carbonyl (C=O) groups excluding carboxylic acids is 1. The van der Waals surface area contributed by atoms with E-state index in [0.29, 0.717) is 28.7 Å². The number of nitrogens with zero attached hydrogens (tertiary/aromatic N) is 1. The number of carbonyl (C=O) groups is 1. The Kier molecular flexibility index (Phi) is 5.62. The van der Waals surface area contributed by atoms with Gasteiger partial charge >= 0.3 is 0 Å². The van der Waals surface area contributed by atoms with Crippen LogP contribution in [0.15, 0.2) is 29.2 Å². The van der Waals surface area contributed by atoms with Crippen LogP contribution in [0.4, 0.5) is 5.00 Å². The molecule has 1 aliphatic heterocycles. The van der Waals surface area contributed by atoms with Crippen molar-refractivity contribution in [3.05, 3.63) is 45.8 Å². The number of hydrogen-bond donors (Lipinski definition) is 3. The molecule has 0 spiro atoms. The monoisotopic (exact) mass is 404 g/mol. The Bertz CT molecular complexity index is 1000. The van der Waals surface area contributed by atoms with Crippen LogP contribution in [0.5, 0.6) is 0 Å². The largest absolute Gasteiger partial charge is 0.316 e. The fourth-order valence-electron chi connectivity index (χ4n) is 3.05. The summed E-state index contributed by atoms with van der Waals surface area (Å²) < 4.78 is 22.6. The second-order valence-corrected chi connectivity index (χ2v) is 9.09. The summed E-state index contributed by atoms with van der Waals surface area (Å²) in [6, 6.07) is 8.46. The first-order valence-corrected chi connectivity index (χ1v) is 10.9. The molecule has 27 heavy (non-hydrogen) atoms. The third-order valence-corrected chi connectivity index (χ3v) is 6.66. The molecule has 0 bridgehead atoms. The second kappa shape index (κ2) is 7.78. The fraction of sp³-hybridized carbons (Fsp3) is 0.333. The Morgan fingerprint density at radius 1 is 1.41 bits per heavy atom. The van der Waals surface area contributed by atoms with Crippen molar-refractivity contribution in [2.24, 2.45) is 5.14 Å². The molecule has 0 fully saturated rings. The summed E-state index contributed by atoms with van der Waals surface area (Å²) >= 11 is 1.46. The van der Waals surface area contributed by atoms with Crippen molar-refractivity contribution < 1.29 is 13.2 Å². The molecule has 1 aromatic carbocycles. The molecule has 0 radical (unpaired) electrons. The zero-order valence-corrected chi connectivity index (χ0v) is 16.4. The van der Waals surface area contributed by atoms with Crippen LogP contribution in [-0.4, -0.2) is 20.4 Å². The van der Waals surface area contributed by atoms with E-state index in [1.165, 1.54) is 23.5 Å². The van der Waals surface area contributed by atoms with Crippen LogP contribution >= 0.6 is 11.3 Å². The van der Waals surface area contributed by atoms with Crippen LogP contribution in [0.2, 0.25) is 0 Å². The van der Waals surface area contributed by atoms with Crippen LogP contribution in [0.25, 0.3) is 0 Å². The number of amides is 1. The van der Waals surface area contributed by atoms with Crippen molar-refractivity contribution >= 4 is 32.3 Å². The van der Waals surface area contributed by atoms with Crippen molar-refractivity contribution in [2.75, 3.05) is 5.32 Å². The Balaban J connectivity index is 1.73. The number of nitrogens with one attached hydrogen (secondary N) is 2. The van der Waals surface area contributed by atoms with Crippen molar-refractivity contribution in [1.82, 2.24) is 5.32 Å².